The molecule has 7 nitrogen and oxygen atoms in total. The van der Waals surface area contributed by atoms with Gasteiger partial charge in [0.05, 0.1) is 29.5 Å². The van der Waals surface area contributed by atoms with Crippen molar-refractivity contribution in [1.82, 2.24) is 4.31 Å². The molecule has 0 aliphatic carbocycles. The second-order valence-corrected chi connectivity index (χ2v) is 9.85. The number of carbonyl (C=O) groups is 1. The zero-order valence-electron chi connectivity index (χ0n) is 17.6. The average Bonchev–Trinajstić information content (AvgIpc) is 3.10. The van der Waals surface area contributed by atoms with E-state index in [2.05, 4.69) is 10.2 Å². The number of anilines is 2. The van der Waals surface area contributed by atoms with Crippen molar-refractivity contribution >= 4 is 27.3 Å². The molecule has 2 aromatic rings. The molecule has 1 amide bonds. The van der Waals surface area contributed by atoms with Gasteiger partial charge < -0.3 is 15.0 Å². The molecule has 166 valence electrons. The van der Waals surface area contributed by atoms with Crippen LogP contribution in [-0.4, -0.2) is 58.0 Å². The highest BCUT2D eigenvalue weighted by Gasteiger charge is 2.27. The van der Waals surface area contributed by atoms with E-state index in [0.29, 0.717) is 31.9 Å². The van der Waals surface area contributed by atoms with Crippen molar-refractivity contribution in [1.29, 1.82) is 0 Å². The fraction of sp³-hybridized carbons (Fsp3) is 0.435. The van der Waals surface area contributed by atoms with Gasteiger partial charge in [-0.25, -0.2) is 8.42 Å². The average molecular weight is 444 g/mol. The number of nitrogens with one attached hydrogen (secondary N) is 1. The molecule has 0 bridgehead atoms. The van der Waals surface area contributed by atoms with Crippen LogP contribution in [0.5, 0.6) is 0 Å². The van der Waals surface area contributed by atoms with E-state index in [0.717, 1.165) is 37.3 Å². The summed E-state index contributed by atoms with van der Waals surface area (Å²) in [6, 6.07) is 14.0. The Bertz CT molecular complexity index is 1010. The van der Waals surface area contributed by atoms with Crippen LogP contribution in [-0.2, 0) is 14.8 Å². The third-order valence-corrected chi connectivity index (χ3v) is 7.70. The molecule has 31 heavy (non-hydrogen) atoms. The standard InChI is InChI=1S/C23H29N3O4S/c27-23(24-21-10-3-4-11-22(21)25-12-5-1-2-6-13-25)19-8-7-9-20(18-19)31(28,29)26-14-16-30-17-15-26/h3-4,7-11,18H,1-2,5-6,12-17H2,(H,24,27). The van der Waals surface area contributed by atoms with E-state index in [1.807, 2.05) is 24.3 Å². The quantitative estimate of drug-likeness (QED) is 0.767. The Labute approximate surface area is 184 Å². The Balaban J connectivity index is 1.54. The van der Waals surface area contributed by atoms with Gasteiger partial charge in [0.25, 0.3) is 5.91 Å². The van der Waals surface area contributed by atoms with Crippen LogP contribution >= 0.6 is 0 Å². The molecule has 8 heteroatoms. The molecular formula is C23H29N3O4S. The maximum Gasteiger partial charge on any atom is 0.255 e. The molecule has 0 spiro atoms. The molecule has 2 aliphatic heterocycles. The Morgan fingerprint density at radius 2 is 1.58 bits per heavy atom. The van der Waals surface area contributed by atoms with Gasteiger partial charge in [0, 0.05) is 31.7 Å². The lowest BCUT2D eigenvalue weighted by molar-refractivity contribution is 0.0730. The molecule has 0 atom stereocenters. The first-order valence-electron chi connectivity index (χ1n) is 10.9. The van der Waals surface area contributed by atoms with Gasteiger partial charge in [-0.15, -0.1) is 0 Å². The summed E-state index contributed by atoms with van der Waals surface area (Å²) < 4.78 is 32.5. The smallest absolute Gasteiger partial charge is 0.255 e. The lowest BCUT2D eigenvalue weighted by atomic mass is 10.2. The predicted octanol–water partition coefficient (Wildman–Crippen LogP) is 3.34. The summed E-state index contributed by atoms with van der Waals surface area (Å²) >= 11 is 0. The second kappa shape index (κ2) is 9.80. The van der Waals surface area contributed by atoms with Crippen LogP contribution in [0.2, 0.25) is 0 Å². The monoisotopic (exact) mass is 443 g/mol. The topological polar surface area (TPSA) is 79.0 Å². The van der Waals surface area contributed by atoms with Crippen molar-refractivity contribution in [2.75, 3.05) is 49.6 Å². The molecule has 1 N–H and O–H groups in total. The van der Waals surface area contributed by atoms with Crippen LogP contribution in [0.3, 0.4) is 0 Å². The highest BCUT2D eigenvalue weighted by atomic mass is 32.2. The van der Waals surface area contributed by atoms with Crippen LogP contribution in [0, 0.1) is 0 Å². The van der Waals surface area contributed by atoms with Gasteiger partial charge >= 0.3 is 0 Å². The molecule has 0 aromatic heterocycles. The van der Waals surface area contributed by atoms with Crippen LogP contribution in [0.25, 0.3) is 0 Å². The number of ether oxygens (including phenoxy) is 1. The fourth-order valence-corrected chi connectivity index (χ4v) is 5.55. The number of para-hydroxylation sites is 2. The number of morpholine rings is 1. The summed E-state index contributed by atoms with van der Waals surface area (Å²) in [5.74, 6) is -0.318. The summed E-state index contributed by atoms with van der Waals surface area (Å²) in [6.07, 6.45) is 4.75. The normalized spacial score (nSPS) is 18.4. The van der Waals surface area contributed by atoms with E-state index < -0.39 is 10.0 Å². The van der Waals surface area contributed by atoms with Gasteiger partial charge in [-0.2, -0.15) is 4.31 Å². The van der Waals surface area contributed by atoms with E-state index in [1.54, 1.807) is 12.1 Å². The molecule has 0 saturated carbocycles. The fourth-order valence-electron chi connectivity index (χ4n) is 4.09. The third-order valence-electron chi connectivity index (χ3n) is 5.80. The van der Waals surface area contributed by atoms with Gasteiger partial charge in [-0.1, -0.05) is 31.0 Å². The summed E-state index contributed by atoms with van der Waals surface area (Å²) in [4.78, 5) is 15.5. The predicted molar refractivity (Wildman–Crippen MR) is 121 cm³/mol. The minimum atomic E-state index is -3.66. The number of rotatable bonds is 5. The van der Waals surface area contributed by atoms with E-state index in [4.69, 9.17) is 4.74 Å². The van der Waals surface area contributed by atoms with E-state index >= 15 is 0 Å². The van der Waals surface area contributed by atoms with Crippen molar-refractivity contribution in [2.45, 2.75) is 30.6 Å². The number of carbonyl (C=O) groups excluding carboxylic acids is 1. The molecule has 2 aromatic carbocycles. The summed E-state index contributed by atoms with van der Waals surface area (Å²) in [5.41, 5.74) is 2.07. The molecule has 2 aliphatic rings. The summed E-state index contributed by atoms with van der Waals surface area (Å²) in [6.45, 7) is 3.35. The largest absolute Gasteiger partial charge is 0.379 e. The molecule has 0 radical (unpaired) electrons. The van der Waals surface area contributed by atoms with Crippen molar-refractivity contribution in [3.05, 3.63) is 54.1 Å². The summed E-state index contributed by atoms with van der Waals surface area (Å²) in [5, 5.41) is 2.99. The highest BCUT2D eigenvalue weighted by molar-refractivity contribution is 7.89. The molecular weight excluding hydrogens is 414 g/mol. The Morgan fingerprint density at radius 1 is 0.871 bits per heavy atom. The van der Waals surface area contributed by atoms with Crippen molar-refractivity contribution in [3.63, 3.8) is 0 Å². The number of nitrogens with zero attached hydrogens (tertiary/aromatic N) is 2. The van der Waals surface area contributed by atoms with Gasteiger partial charge in [0.2, 0.25) is 10.0 Å². The molecule has 2 fully saturated rings. The number of sulfonamides is 1. The van der Waals surface area contributed by atoms with Crippen LogP contribution in [0.15, 0.2) is 53.4 Å². The first-order valence-corrected chi connectivity index (χ1v) is 12.3. The minimum absolute atomic E-state index is 0.128. The number of benzene rings is 2. The van der Waals surface area contributed by atoms with Crippen molar-refractivity contribution in [3.8, 4) is 0 Å². The van der Waals surface area contributed by atoms with Crippen molar-refractivity contribution < 1.29 is 17.9 Å². The Kier molecular flexibility index (Phi) is 6.89. The van der Waals surface area contributed by atoms with Gasteiger partial charge in [0.1, 0.15) is 0 Å². The number of hydrogen-bond acceptors (Lipinski definition) is 5. The number of amides is 1. The second-order valence-electron chi connectivity index (χ2n) is 7.92. The molecule has 2 heterocycles. The minimum Gasteiger partial charge on any atom is -0.379 e. The van der Waals surface area contributed by atoms with Crippen LogP contribution in [0.1, 0.15) is 36.0 Å². The zero-order chi connectivity index (χ0) is 21.7. The van der Waals surface area contributed by atoms with E-state index in [1.165, 1.54) is 29.3 Å². The zero-order valence-corrected chi connectivity index (χ0v) is 18.4. The highest BCUT2D eigenvalue weighted by Crippen LogP contribution is 2.28. The Hall–Kier alpha value is -2.42. The lowest BCUT2D eigenvalue weighted by Gasteiger charge is -2.26. The van der Waals surface area contributed by atoms with Crippen molar-refractivity contribution in [2.24, 2.45) is 0 Å². The van der Waals surface area contributed by atoms with Gasteiger partial charge in [-0.05, 0) is 43.2 Å². The van der Waals surface area contributed by atoms with Gasteiger partial charge in [-0.3, -0.25) is 4.79 Å². The Morgan fingerprint density at radius 3 is 2.32 bits per heavy atom. The van der Waals surface area contributed by atoms with Crippen LogP contribution in [0.4, 0.5) is 11.4 Å². The lowest BCUT2D eigenvalue weighted by Crippen LogP contribution is -2.40. The summed E-state index contributed by atoms with van der Waals surface area (Å²) in [7, 11) is -3.66. The SMILES string of the molecule is O=C(Nc1ccccc1N1CCCCCC1)c1cccc(S(=O)(=O)N2CCOCC2)c1. The van der Waals surface area contributed by atoms with E-state index in [-0.39, 0.29) is 10.8 Å². The maximum absolute atomic E-state index is 13.0. The number of hydrogen-bond donors (Lipinski definition) is 1. The first kappa shape index (κ1) is 21.8. The van der Waals surface area contributed by atoms with E-state index in [9.17, 15) is 13.2 Å². The third kappa shape index (κ3) is 5.08. The first-order chi connectivity index (χ1) is 15.1. The molecule has 4 rings (SSSR count). The molecule has 2 saturated heterocycles. The molecule has 0 unspecified atom stereocenters. The van der Waals surface area contributed by atoms with Gasteiger partial charge in [0.15, 0.2) is 0 Å². The maximum atomic E-state index is 13.0. The van der Waals surface area contributed by atoms with Crippen LogP contribution < -0.4 is 10.2 Å².